The van der Waals surface area contributed by atoms with Gasteiger partial charge in [0.2, 0.25) is 0 Å². The van der Waals surface area contributed by atoms with Gasteiger partial charge >= 0.3 is 5.69 Å². The number of aliphatic hydroxyl groups excluding tert-OH is 1. The summed E-state index contributed by atoms with van der Waals surface area (Å²) >= 11 is 0. The Hall–Kier alpha value is -3.75. The van der Waals surface area contributed by atoms with Gasteiger partial charge in [-0.1, -0.05) is 36.4 Å². The molecule has 2 N–H and O–H groups in total. The SMILES string of the molecule is O=c1[nH]c2ccccc2n1CCCN1CCC(C(O)c2nc3ccccc3n2Cc2ccc(F)cc2)CC1. The minimum Gasteiger partial charge on any atom is -0.385 e. The van der Waals surface area contributed by atoms with E-state index in [4.69, 9.17) is 4.98 Å². The lowest BCUT2D eigenvalue weighted by Crippen LogP contribution is -2.37. The van der Waals surface area contributed by atoms with E-state index in [1.165, 1.54) is 12.1 Å². The van der Waals surface area contributed by atoms with Crippen LogP contribution in [0.15, 0.2) is 77.6 Å². The second-order valence-corrected chi connectivity index (χ2v) is 10.2. The molecule has 1 aliphatic heterocycles. The van der Waals surface area contributed by atoms with Crippen molar-refractivity contribution >= 4 is 22.1 Å². The Bertz CT molecular complexity index is 1590. The molecule has 38 heavy (non-hydrogen) atoms. The lowest BCUT2D eigenvalue weighted by Gasteiger charge is -2.34. The monoisotopic (exact) mass is 513 g/mol. The maximum atomic E-state index is 13.4. The van der Waals surface area contributed by atoms with Gasteiger partial charge in [0.25, 0.3) is 0 Å². The molecule has 0 spiro atoms. The van der Waals surface area contributed by atoms with Crippen LogP contribution in [-0.4, -0.2) is 48.7 Å². The van der Waals surface area contributed by atoms with Crippen LogP contribution in [0.1, 0.15) is 36.8 Å². The lowest BCUT2D eigenvalue weighted by molar-refractivity contribution is 0.0505. The van der Waals surface area contributed by atoms with E-state index >= 15 is 0 Å². The van der Waals surface area contributed by atoms with Crippen LogP contribution in [0.5, 0.6) is 0 Å². The Morgan fingerprint density at radius 3 is 2.42 bits per heavy atom. The predicted molar refractivity (Wildman–Crippen MR) is 147 cm³/mol. The number of hydrogen-bond acceptors (Lipinski definition) is 4. The molecular weight excluding hydrogens is 481 g/mol. The highest BCUT2D eigenvalue weighted by Crippen LogP contribution is 2.32. The van der Waals surface area contributed by atoms with Gasteiger partial charge in [-0.15, -0.1) is 0 Å². The standard InChI is InChI=1S/C30H32FN5O2/c31-23-12-10-21(11-13-23)20-36-27-9-4-1-6-24(27)32-29(36)28(37)22-14-18-34(19-15-22)16-5-17-35-26-8-3-2-7-25(26)33-30(35)38/h1-4,6-13,22,28,37H,5,14-20H2,(H,33,38). The number of likely N-dealkylation sites (tertiary alicyclic amines) is 1. The number of halogens is 1. The molecule has 0 saturated carbocycles. The van der Waals surface area contributed by atoms with Gasteiger partial charge in [0.05, 0.1) is 22.1 Å². The molecule has 3 heterocycles. The van der Waals surface area contributed by atoms with Crippen LogP contribution >= 0.6 is 0 Å². The Kier molecular flexibility index (Phi) is 6.82. The van der Waals surface area contributed by atoms with E-state index < -0.39 is 6.10 Å². The summed E-state index contributed by atoms with van der Waals surface area (Å²) in [6, 6.07) is 22.2. The summed E-state index contributed by atoms with van der Waals surface area (Å²) in [6.45, 7) is 3.93. The minimum atomic E-state index is -0.671. The van der Waals surface area contributed by atoms with Crippen molar-refractivity contribution in [3.05, 3.63) is 100 Å². The summed E-state index contributed by atoms with van der Waals surface area (Å²) in [5.74, 6) is 0.531. The number of para-hydroxylation sites is 4. The third-order valence-corrected chi connectivity index (χ3v) is 7.82. The zero-order valence-electron chi connectivity index (χ0n) is 21.3. The van der Waals surface area contributed by atoms with Crippen molar-refractivity contribution in [1.82, 2.24) is 24.0 Å². The number of aryl methyl sites for hydroxylation is 1. The number of benzene rings is 3. The van der Waals surface area contributed by atoms with Gasteiger partial charge in [-0.05, 0) is 86.8 Å². The Morgan fingerprint density at radius 2 is 1.63 bits per heavy atom. The zero-order chi connectivity index (χ0) is 26.1. The lowest BCUT2D eigenvalue weighted by atomic mass is 9.90. The molecule has 1 aliphatic rings. The largest absolute Gasteiger partial charge is 0.385 e. The number of nitrogens with zero attached hydrogens (tertiary/aromatic N) is 4. The van der Waals surface area contributed by atoms with Crippen molar-refractivity contribution < 1.29 is 9.50 Å². The number of H-pyrrole nitrogens is 1. The minimum absolute atomic E-state index is 0.0587. The van der Waals surface area contributed by atoms with E-state index in [0.717, 1.165) is 66.5 Å². The highest BCUT2D eigenvalue weighted by molar-refractivity contribution is 5.76. The molecular formula is C30H32FN5O2. The van der Waals surface area contributed by atoms with Crippen LogP contribution in [0.4, 0.5) is 4.39 Å². The number of piperidine rings is 1. The fraction of sp³-hybridized carbons (Fsp3) is 0.333. The summed E-state index contributed by atoms with van der Waals surface area (Å²) in [5, 5.41) is 11.5. The Morgan fingerprint density at radius 1 is 0.921 bits per heavy atom. The number of aromatic nitrogens is 4. The van der Waals surface area contributed by atoms with E-state index in [9.17, 15) is 14.3 Å². The fourth-order valence-corrected chi connectivity index (χ4v) is 5.74. The zero-order valence-corrected chi connectivity index (χ0v) is 21.3. The number of aliphatic hydroxyl groups is 1. The second kappa shape index (κ2) is 10.6. The van der Waals surface area contributed by atoms with Crippen molar-refractivity contribution in [1.29, 1.82) is 0 Å². The number of fused-ring (bicyclic) bond motifs is 2. The number of aromatic amines is 1. The van der Waals surface area contributed by atoms with Crippen molar-refractivity contribution in [3.8, 4) is 0 Å². The van der Waals surface area contributed by atoms with Gasteiger partial charge in [-0.3, -0.25) is 4.57 Å². The third-order valence-electron chi connectivity index (χ3n) is 7.82. The highest BCUT2D eigenvalue weighted by atomic mass is 19.1. The first-order valence-electron chi connectivity index (χ1n) is 13.3. The molecule has 1 saturated heterocycles. The van der Waals surface area contributed by atoms with Crippen molar-refractivity contribution in [2.75, 3.05) is 19.6 Å². The van der Waals surface area contributed by atoms with Crippen molar-refractivity contribution in [3.63, 3.8) is 0 Å². The number of hydrogen-bond donors (Lipinski definition) is 2. The van der Waals surface area contributed by atoms with Crippen LogP contribution in [-0.2, 0) is 13.1 Å². The van der Waals surface area contributed by atoms with Gasteiger partial charge in [-0.2, -0.15) is 0 Å². The first-order valence-corrected chi connectivity index (χ1v) is 13.3. The van der Waals surface area contributed by atoms with Crippen LogP contribution in [0, 0.1) is 11.7 Å². The summed E-state index contributed by atoms with van der Waals surface area (Å²) in [6.07, 6.45) is 1.99. The molecule has 7 nitrogen and oxygen atoms in total. The van der Waals surface area contributed by atoms with Crippen LogP contribution in [0.2, 0.25) is 0 Å². The topological polar surface area (TPSA) is 79.1 Å². The average Bonchev–Trinajstić information content (AvgIpc) is 3.47. The summed E-state index contributed by atoms with van der Waals surface area (Å²) in [4.78, 5) is 22.5. The van der Waals surface area contributed by atoms with Crippen molar-refractivity contribution in [2.24, 2.45) is 5.92 Å². The molecule has 1 unspecified atom stereocenters. The van der Waals surface area contributed by atoms with E-state index in [1.54, 1.807) is 12.1 Å². The molecule has 1 atom stereocenters. The van der Waals surface area contributed by atoms with Gasteiger partial charge in [-0.25, -0.2) is 14.2 Å². The molecule has 0 bridgehead atoms. The molecule has 2 aromatic heterocycles. The quantitative estimate of drug-likeness (QED) is 0.315. The first kappa shape index (κ1) is 24.6. The van der Waals surface area contributed by atoms with Gasteiger partial charge in [0.1, 0.15) is 17.7 Å². The third kappa shape index (κ3) is 4.89. The van der Waals surface area contributed by atoms with E-state index in [1.807, 2.05) is 53.1 Å². The number of imidazole rings is 2. The Balaban J connectivity index is 1.10. The molecule has 0 amide bonds. The molecule has 1 fully saturated rings. The van der Waals surface area contributed by atoms with Crippen LogP contribution in [0.3, 0.4) is 0 Å². The van der Waals surface area contributed by atoms with Gasteiger partial charge in [0, 0.05) is 13.1 Å². The maximum absolute atomic E-state index is 13.4. The average molecular weight is 514 g/mol. The van der Waals surface area contributed by atoms with Gasteiger partial charge < -0.3 is 19.6 Å². The highest BCUT2D eigenvalue weighted by Gasteiger charge is 2.30. The molecule has 3 aromatic carbocycles. The molecule has 0 aliphatic carbocycles. The van der Waals surface area contributed by atoms with E-state index in [2.05, 4.69) is 14.5 Å². The number of nitrogens with one attached hydrogen (secondary N) is 1. The van der Waals surface area contributed by atoms with Crippen LogP contribution < -0.4 is 5.69 Å². The Labute approximate surface area is 220 Å². The fourth-order valence-electron chi connectivity index (χ4n) is 5.74. The summed E-state index contributed by atoms with van der Waals surface area (Å²) < 4.78 is 17.3. The second-order valence-electron chi connectivity index (χ2n) is 10.2. The smallest absolute Gasteiger partial charge is 0.326 e. The van der Waals surface area contributed by atoms with Crippen molar-refractivity contribution in [2.45, 2.75) is 38.5 Å². The summed E-state index contributed by atoms with van der Waals surface area (Å²) in [7, 11) is 0. The molecule has 8 heteroatoms. The first-order chi connectivity index (χ1) is 18.6. The van der Waals surface area contributed by atoms with E-state index in [0.29, 0.717) is 18.9 Å². The van der Waals surface area contributed by atoms with Gasteiger partial charge in [0.15, 0.2) is 0 Å². The molecule has 6 rings (SSSR count). The van der Waals surface area contributed by atoms with E-state index in [-0.39, 0.29) is 17.4 Å². The van der Waals surface area contributed by atoms with Crippen LogP contribution in [0.25, 0.3) is 22.1 Å². The summed E-state index contributed by atoms with van der Waals surface area (Å²) in [5.41, 5.74) is 4.55. The molecule has 196 valence electrons. The molecule has 0 radical (unpaired) electrons. The normalized spacial score (nSPS) is 15.9. The maximum Gasteiger partial charge on any atom is 0.326 e. The molecule has 5 aromatic rings. The number of rotatable bonds is 8. The predicted octanol–water partition coefficient (Wildman–Crippen LogP) is 4.70.